The monoisotopic (exact) mass is 491 g/mol. The van der Waals surface area contributed by atoms with Gasteiger partial charge in [-0.3, -0.25) is 9.59 Å². The minimum atomic E-state index is -3.27. The van der Waals surface area contributed by atoms with E-state index < -0.39 is 9.84 Å². The van der Waals surface area contributed by atoms with Crippen molar-refractivity contribution < 1.29 is 18.0 Å². The number of nitrogens with one attached hydrogen (secondary N) is 2. The number of sulfone groups is 1. The van der Waals surface area contributed by atoms with Gasteiger partial charge in [-0.1, -0.05) is 18.7 Å². The molecule has 1 fully saturated rings. The Balaban J connectivity index is 1.44. The fourth-order valence-corrected chi connectivity index (χ4v) is 4.69. The van der Waals surface area contributed by atoms with E-state index in [9.17, 15) is 18.0 Å². The zero-order valence-corrected chi connectivity index (χ0v) is 20.4. The second kappa shape index (κ2) is 11.5. The molecule has 2 aromatic rings. The third kappa shape index (κ3) is 7.43. The van der Waals surface area contributed by atoms with Gasteiger partial charge in [0.15, 0.2) is 15.7 Å². The van der Waals surface area contributed by atoms with Gasteiger partial charge in [0.1, 0.15) is 5.03 Å². The maximum Gasteiger partial charge on any atom is 0.234 e. The third-order valence-corrected chi connectivity index (χ3v) is 7.33. The molecule has 1 aromatic heterocycles. The third-order valence-electron chi connectivity index (χ3n) is 5.28. The Morgan fingerprint density at radius 1 is 1.09 bits per heavy atom. The number of aromatic nitrogens is 2. The molecule has 2 amide bonds. The fourth-order valence-electron chi connectivity index (χ4n) is 3.44. The fraction of sp³-hybridized carbons (Fsp3) is 0.455. The molecule has 0 spiro atoms. The van der Waals surface area contributed by atoms with Crippen molar-refractivity contribution in [3.8, 4) is 0 Å². The van der Waals surface area contributed by atoms with Crippen LogP contribution in [0.4, 0.5) is 11.5 Å². The summed E-state index contributed by atoms with van der Waals surface area (Å²) in [5, 5.41) is 14.8. The summed E-state index contributed by atoms with van der Waals surface area (Å²) in [7, 11) is -3.27. The first-order chi connectivity index (χ1) is 15.8. The van der Waals surface area contributed by atoms with E-state index in [1.54, 1.807) is 12.1 Å². The number of amides is 2. The summed E-state index contributed by atoms with van der Waals surface area (Å²) in [5.74, 6) is 0.888. The summed E-state index contributed by atoms with van der Waals surface area (Å²) in [6.45, 7) is 4.27. The van der Waals surface area contributed by atoms with Gasteiger partial charge in [-0.2, -0.15) is 0 Å². The second-order valence-electron chi connectivity index (χ2n) is 7.92. The van der Waals surface area contributed by atoms with Crippen LogP contribution in [0.2, 0.25) is 0 Å². The van der Waals surface area contributed by atoms with Crippen LogP contribution in [-0.4, -0.2) is 62.1 Å². The zero-order chi connectivity index (χ0) is 23.8. The molecule has 0 bridgehead atoms. The van der Waals surface area contributed by atoms with Gasteiger partial charge in [-0.15, -0.1) is 10.2 Å². The lowest BCUT2D eigenvalue weighted by atomic mass is 9.96. The van der Waals surface area contributed by atoms with Crippen LogP contribution >= 0.6 is 11.8 Å². The smallest absolute Gasteiger partial charge is 0.234 e. The number of nitrogens with zero attached hydrogens (tertiary/aromatic N) is 3. The van der Waals surface area contributed by atoms with Crippen molar-refractivity contribution in [2.45, 2.75) is 36.1 Å². The van der Waals surface area contributed by atoms with E-state index in [1.807, 2.05) is 19.1 Å². The molecular weight excluding hydrogens is 462 g/mol. The molecule has 9 nitrogen and oxygen atoms in total. The predicted octanol–water partition coefficient (Wildman–Crippen LogP) is 2.35. The van der Waals surface area contributed by atoms with E-state index in [4.69, 9.17) is 0 Å². The Kier molecular flexibility index (Phi) is 8.67. The molecule has 0 atom stereocenters. The lowest BCUT2D eigenvalue weighted by molar-refractivity contribution is -0.125. The van der Waals surface area contributed by atoms with Crippen LogP contribution in [0.15, 0.2) is 46.3 Å². The number of rotatable bonds is 9. The molecule has 2 N–H and O–H groups in total. The maximum absolute atomic E-state index is 12.2. The van der Waals surface area contributed by atoms with Crippen LogP contribution in [0.25, 0.3) is 0 Å². The van der Waals surface area contributed by atoms with E-state index >= 15 is 0 Å². The lowest BCUT2D eigenvalue weighted by Gasteiger charge is -2.31. The Hall–Kier alpha value is -2.66. The van der Waals surface area contributed by atoms with Gasteiger partial charge in [-0.05, 0) is 55.7 Å². The van der Waals surface area contributed by atoms with Crippen molar-refractivity contribution in [3.63, 3.8) is 0 Å². The largest absolute Gasteiger partial charge is 0.356 e. The van der Waals surface area contributed by atoms with E-state index in [0.29, 0.717) is 10.7 Å². The van der Waals surface area contributed by atoms with Gasteiger partial charge in [0.25, 0.3) is 0 Å². The number of anilines is 2. The van der Waals surface area contributed by atoms with Crippen LogP contribution in [0.3, 0.4) is 0 Å². The Bertz CT molecular complexity index is 1050. The Labute approximate surface area is 198 Å². The molecule has 2 heterocycles. The van der Waals surface area contributed by atoms with Crippen LogP contribution in [0, 0.1) is 5.92 Å². The number of carbonyl (C=O) groups is 2. The van der Waals surface area contributed by atoms with Gasteiger partial charge >= 0.3 is 0 Å². The first-order valence-corrected chi connectivity index (χ1v) is 13.7. The molecule has 1 aliphatic heterocycles. The molecule has 0 aliphatic carbocycles. The van der Waals surface area contributed by atoms with Crippen molar-refractivity contribution in [2.24, 2.45) is 5.92 Å². The van der Waals surface area contributed by atoms with Crippen molar-refractivity contribution in [1.82, 2.24) is 15.5 Å². The highest BCUT2D eigenvalue weighted by Crippen LogP contribution is 2.23. The second-order valence-corrected chi connectivity index (χ2v) is 10.9. The first-order valence-electron chi connectivity index (χ1n) is 10.9. The first kappa shape index (κ1) is 25.0. The van der Waals surface area contributed by atoms with Gasteiger partial charge in [0, 0.05) is 37.5 Å². The number of carbonyl (C=O) groups excluding carboxylic acids is 2. The quantitative estimate of drug-likeness (QED) is 0.513. The molecular formula is C22H29N5O4S2. The predicted molar refractivity (Wildman–Crippen MR) is 129 cm³/mol. The highest BCUT2D eigenvalue weighted by molar-refractivity contribution is 7.99. The molecule has 0 unspecified atom stereocenters. The number of hydrogen-bond acceptors (Lipinski definition) is 8. The van der Waals surface area contributed by atoms with E-state index in [1.165, 1.54) is 23.9 Å². The maximum atomic E-state index is 12.2. The van der Waals surface area contributed by atoms with Crippen LogP contribution in [-0.2, 0) is 19.4 Å². The number of hydrogen-bond donors (Lipinski definition) is 2. The normalized spacial score (nSPS) is 14.7. The molecule has 1 saturated heterocycles. The summed E-state index contributed by atoms with van der Waals surface area (Å²) in [6.07, 6.45) is 3.65. The summed E-state index contributed by atoms with van der Waals surface area (Å²) in [5.41, 5.74) is 0.529. The molecule has 1 aromatic carbocycles. The van der Waals surface area contributed by atoms with Crippen LogP contribution in [0.5, 0.6) is 0 Å². The highest BCUT2D eigenvalue weighted by atomic mass is 32.2. The summed E-state index contributed by atoms with van der Waals surface area (Å²) >= 11 is 1.27. The van der Waals surface area contributed by atoms with E-state index in [-0.39, 0.29) is 28.4 Å². The molecule has 0 saturated carbocycles. The SMILES string of the molecule is CCCNC(=O)C1CCN(c2ccc(SCC(=O)Nc3ccc(S(C)(=O)=O)cc3)nn2)CC1. The van der Waals surface area contributed by atoms with Crippen molar-refractivity contribution >= 4 is 44.9 Å². The average Bonchev–Trinajstić information content (AvgIpc) is 2.81. The topological polar surface area (TPSA) is 121 Å². The Morgan fingerprint density at radius 2 is 1.79 bits per heavy atom. The minimum Gasteiger partial charge on any atom is -0.356 e. The zero-order valence-electron chi connectivity index (χ0n) is 18.8. The molecule has 1 aliphatic rings. The van der Waals surface area contributed by atoms with Crippen LogP contribution in [0.1, 0.15) is 26.2 Å². The van der Waals surface area contributed by atoms with Gasteiger partial charge < -0.3 is 15.5 Å². The number of benzene rings is 1. The van der Waals surface area contributed by atoms with Gasteiger partial charge in [-0.25, -0.2) is 8.42 Å². The van der Waals surface area contributed by atoms with Crippen molar-refractivity contribution in [1.29, 1.82) is 0 Å². The van der Waals surface area contributed by atoms with Crippen LogP contribution < -0.4 is 15.5 Å². The van der Waals surface area contributed by atoms with Crippen molar-refractivity contribution in [2.75, 3.05) is 41.9 Å². The molecule has 178 valence electrons. The van der Waals surface area contributed by atoms with E-state index in [2.05, 4.69) is 25.7 Å². The standard InChI is InChI=1S/C22H29N5O4S2/c1-3-12-23-22(29)16-10-13-27(14-11-16)19-8-9-21(26-25-19)32-15-20(28)24-17-4-6-18(7-5-17)33(2,30)31/h4-9,16H,3,10-15H2,1-2H3,(H,23,29)(H,24,28). The molecule has 0 radical (unpaired) electrons. The summed E-state index contributed by atoms with van der Waals surface area (Å²) in [4.78, 5) is 26.6. The minimum absolute atomic E-state index is 0.0525. The van der Waals surface area contributed by atoms with Crippen molar-refractivity contribution in [3.05, 3.63) is 36.4 Å². The lowest BCUT2D eigenvalue weighted by Crippen LogP contribution is -2.41. The highest BCUT2D eigenvalue weighted by Gasteiger charge is 2.25. The van der Waals surface area contributed by atoms with E-state index in [0.717, 1.165) is 51.0 Å². The number of piperidine rings is 1. The summed E-state index contributed by atoms with van der Waals surface area (Å²) < 4.78 is 23.0. The molecule has 33 heavy (non-hydrogen) atoms. The summed E-state index contributed by atoms with van der Waals surface area (Å²) in [6, 6.07) is 9.76. The average molecular weight is 492 g/mol. The number of thioether (sulfide) groups is 1. The molecule has 3 rings (SSSR count). The van der Waals surface area contributed by atoms with Gasteiger partial charge in [0.2, 0.25) is 11.8 Å². The molecule has 11 heteroatoms. The Morgan fingerprint density at radius 3 is 2.36 bits per heavy atom. The van der Waals surface area contributed by atoms with Gasteiger partial charge in [0.05, 0.1) is 10.6 Å².